The van der Waals surface area contributed by atoms with E-state index >= 15 is 0 Å². The van der Waals surface area contributed by atoms with Crippen molar-refractivity contribution in [2.45, 2.75) is 6.92 Å². The summed E-state index contributed by atoms with van der Waals surface area (Å²) in [4.78, 5) is 28.0. The number of H-pyrrole nitrogens is 1. The molecule has 0 aliphatic carbocycles. The number of carbonyl (C=O) groups excluding carboxylic acids is 2. The molecule has 134 valence electrons. The van der Waals surface area contributed by atoms with Crippen LogP contribution in [0.5, 0.6) is 5.75 Å². The smallest absolute Gasteiger partial charge is 0.338 e. The van der Waals surface area contributed by atoms with Gasteiger partial charge in [0.25, 0.3) is 0 Å². The number of aromatic amines is 1. The topological polar surface area (TPSA) is 94.4 Å². The molecule has 0 unspecified atom stereocenters. The van der Waals surface area contributed by atoms with Crippen LogP contribution in [0.25, 0.3) is 10.9 Å². The maximum absolute atomic E-state index is 12.8. The molecule has 6 nitrogen and oxygen atoms in total. The summed E-state index contributed by atoms with van der Waals surface area (Å²) in [5.74, 6) is -0.205. The number of aromatic nitrogens is 1. The van der Waals surface area contributed by atoms with Crippen molar-refractivity contribution in [1.29, 1.82) is 0 Å². The van der Waals surface area contributed by atoms with Crippen LogP contribution in [0.1, 0.15) is 33.3 Å². The zero-order valence-corrected chi connectivity index (χ0v) is 15.0. The van der Waals surface area contributed by atoms with Crippen molar-refractivity contribution >= 4 is 39.9 Å². The predicted octanol–water partition coefficient (Wildman–Crippen LogP) is 3.82. The maximum Gasteiger partial charge on any atom is 0.338 e. The summed E-state index contributed by atoms with van der Waals surface area (Å²) in [6.45, 7) is 1.92. The van der Waals surface area contributed by atoms with E-state index in [1.165, 1.54) is 6.07 Å². The molecule has 0 atom stereocenters. The number of fused-ring (bicyclic) bond motifs is 1. The van der Waals surface area contributed by atoms with Gasteiger partial charge in [0, 0.05) is 16.0 Å². The van der Waals surface area contributed by atoms with Crippen LogP contribution in [0.3, 0.4) is 0 Å². The highest BCUT2D eigenvalue weighted by Gasteiger charge is 2.23. The highest BCUT2D eigenvalue weighted by Crippen LogP contribution is 2.33. The van der Waals surface area contributed by atoms with E-state index in [1.807, 2.05) is 0 Å². The van der Waals surface area contributed by atoms with Gasteiger partial charge >= 0.3 is 5.97 Å². The minimum Gasteiger partial charge on any atom is -0.497 e. The molecule has 1 aromatic heterocycles. The highest BCUT2D eigenvalue weighted by molar-refractivity contribution is 6.32. The van der Waals surface area contributed by atoms with Crippen molar-refractivity contribution < 1.29 is 19.1 Å². The minimum atomic E-state index is -0.547. The number of hydrogen-bond donors (Lipinski definition) is 2. The van der Waals surface area contributed by atoms with E-state index in [0.717, 1.165) is 0 Å². The Balaban J connectivity index is 2.12. The van der Waals surface area contributed by atoms with Crippen LogP contribution in [0, 0.1) is 0 Å². The number of halogens is 1. The molecule has 0 saturated carbocycles. The van der Waals surface area contributed by atoms with Crippen LogP contribution in [0.2, 0.25) is 5.02 Å². The summed E-state index contributed by atoms with van der Waals surface area (Å²) < 4.78 is 10.2. The summed E-state index contributed by atoms with van der Waals surface area (Å²) in [7, 11) is 1.55. The van der Waals surface area contributed by atoms with Crippen LogP contribution in [-0.2, 0) is 4.74 Å². The van der Waals surface area contributed by atoms with Gasteiger partial charge in [-0.2, -0.15) is 0 Å². The number of methoxy groups -OCH3 is 1. The van der Waals surface area contributed by atoms with E-state index in [9.17, 15) is 9.59 Å². The van der Waals surface area contributed by atoms with Gasteiger partial charge in [0.05, 0.1) is 30.5 Å². The fraction of sp³-hybridized carbons (Fsp3) is 0.158. The first-order chi connectivity index (χ1) is 12.5. The summed E-state index contributed by atoms with van der Waals surface area (Å²) in [6.07, 6.45) is 0. The van der Waals surface area contributed by atoms with Crippen LogP contribution in [0.4, 0.5) is 5.69 Å². The van der Waals surface area contributed by atoms with Crippen molar-refractivity contribution in [3.05, 3.63) is 58.2 Å². The molecule has 0 aliphatic rings. The number of nitrogen functional groups attached to an aromatic ring is 1. The second kappa shape index (κ2) is 7.09. The number of ketones is 1. The lowest BCUT2D eigenvalue weighted by Crippen LogP contribution is -2.07. The Labute approximate surface area is 154 Å². The monoisotopic (exact) mass is 372 g/mol. The number of nitrogens with one attached hydrogen (secondary N) is 1. The van der Waals surface area contributed by atoms with Crippen molar-refractivity contribution in [3.8, 4) is 5.75 Å². The summed E-state index contributed by atoms with van der Waals surface area (Å²) >= 11 is 6.09. The average molecular weight is 373 g/mol. The van der Waals surface area contributed by atoms with Gasteiger partial charge in [0.15, 0.2) is 0 Å². The Morgan fingerprint density at radius 1 is 1.19 bits per heavy atom. The molecule has 26 heavy (non-hydrogen) atoms. The largest absolute Gasteiger partial charge is 0.497 e. The third kappa shape index (κ3) is 3.11. The first-order valence-electron chi connectivity index (χ1n) is 7.92. The lowest BCUT2D eigenvalue weighted by atomic mass is 10.0. The van der Waals surface area contributed by atoms with Gasteiger partial charge in [0.1, 0.15) is 11.4 Å². The van der Waals surface area contributed by atoms with E-state index in [4.69, 9.17) is 26.8 Å². The molecule has 3 rings (SSSR count). The number of benzene rings is 2. The van der Waals surface area contributed by atoms with Crippen LogP contribution >= 0.6 is 11.6 Å². The molecule has 0 fully saturated rings. The zero-order chi connectivity index (χ0) is 18.8. The van der Waals surface area contributed by atoms with E-state index in [0.29, 0.717) is 27.2 Å². The van der Waals surface area contributed by atoms with Crippen molar-refractivity contribution in [2.75, 3.05) is 19.5 Å². The first kappa shape index (κ1) is 17.8. The first-order valence-corrected chi connectivity index (χ1v) is 8.30. The van der Waals surface area contributed by atoms with Gasteiger partial charge in [-0.1, -0.05) is 11.6 Å². The molecule has 0 radical (unpaired) electrons. The fourth-order valence-corrected chi connectivity index (χ4v) is 2.98. The lowest BCUT2D eigenvalue weighted by Gasteiger charge is -2.05. The molecular weight excluding hydrogens is 356 g/mol. The van der Waals surface area contributed by atoms with Gasteiger partial charge in [-0.25, -0.2) is 4.79 Å². The SMILES string of the molecule is CCOC(=O)c1cc(Cl)cc2[nH]c(C(=O)c3ccc(OC)cc3)c(N)c12. The Bertz CT molecular complexity index is 993. The van der Waals surface area contributed by atoms with E-state index in [-0.39, 0.29) is 29.3 Å². The number of hydrogen-bond acceptors (Lipinski definition) is 5. The number of esters is 1. The summed E-state index contributed by atoms with van der Waals surface area (Å²) in [5.41, 5.74) is 7.72. The summed E-state index contributed by atoms with van der Waals surface area (Å²) in [6, 6.07) is 9.76. The van der Waals surface area contributed by atoms with Gasteiger partial charge in [-0.3, -0.25) is 4.79 Å². The molecule has 2 aromatic carbocycles. The lowest BCUT2D eigenvalue weighted by molar-refractivity contribution is 0.0528. The van der Waals surface area contributed by atoms with Crippen LogP contribution in [0.15, 0.2) is 36.4 Å². The van der Waals surface area contributed by atoms with E-state index in [2.05, 4.69) is 4.98 Å². The fourth-order valence-electron chi connectivity index (χ4n) is 2.76. The molecule has 3 N–H and O–H groups in total. The normalized spacial score (nSPS) is 10.7. The van der Waals surface area contributed by atoms with Gasteiger partial charge < -0.3 is 20.2 Å². The van der Waals surface area contributed by atoms with Crippen LogP contribution in [-0.4, -0.2) is 30.5 Å². The van der Waals surface area contributed by atoms with E-state index in [1.54, 1.807) is 44.4 Å². The molecule has 0 saturated heterocycles. The number of nitrogens with two attached hydrogens (primary N) is 1. The highest BCUT2D eigenvalue weighted by atomic mass is 35.5. The Morgan fingerprint density at radius 3 is 2.50 bits per heavy atom. The van der Waals surface area contributed by atoms with Crippen molar-refractivity contribution in [1.82, 2.24) is 4.98 Å². The Morgan fingerprint density at radius 2 is 1.88 bits per heavy atom. The molecule has 0 bridgehead atoms. The van der Waals surface area contributed by atoms with Gasteiger partial charge in [-0.15, -0.1) is 0 Å². The van der Waals surface area contributed by atoms with Crippen molar-refractivity contribution in [3.63, 3.8) is 0 Å². The quantitative estimate of drug-likeness (QED) is 0.524. The molecular formula is C19H17ClN2O4. The number of ether oxygens (including phenoxy) is 2. The second-order valence-electron chi connectivity index (χ2n) is 5.57. The van der Waals surface area contributed by atoms with Gasteiger partial charge in [0.2, 0.25) is 5.78 Å². The minimum absolute atomic E-state index is 0.181. The molecule has 1 heterocycles. The van der Waals surface area contributed by atoms with Crippen LogP contribution < -0.4 is 10.5 Å². The molecule has 0 spiro atoms. The zero-order valence-electron chi connectivity index (χ0n) is 14.3. The Kier molecular flexibility index (Phi) is 4.86. The third-order valence-electron chi connectivity index (χ3n) is 3.98. The molecule has 0 amide bonds. The van der Waals surface area contributed by atoms with Gasteiger partial charge in [-0.05, 0) is 43.3 Å². The summed E-state index contributed by atoms with van der Waals surface area (Å²) in [5, 5.41) is 0.759. The second-order valence-corrected chi connectivity index (χ2v) is 6.00. The third-order valence-corrected chi connectivity index (χ3v) is 4.19. The van der Waals surface area contributed by atoms with E-state index < -0.39 is 5.97 Å². The number of rotatable bonds is 5. The standard InChI is InChI=1S/C19H17ClN2O4/c1-3-26-19(24)13-8-11(20)9-14-15(13)16(21)17(22-14)18(23)10-4-6-12(25-2)7-5-10/h4-9,22H,3,21H2,1-2H3. The average Bonchev–Trinajstić information content (AvgIpc) is 2.97. The molecule has 3 aromatic rings. The maximum atomic E-state index is 12.8. The molecule has 7 heteroatoms. The number of anilines is 1. The molecule has 0 aliphatic heterocycles. The van der Waals surface area contributed by atoms with Crippen molar-refractivity contribution in [2.24, 2.45) is 0 Å². The number of carbonyl (C=O) groups is 2. The predicted molar refractivity (Wildman–Crippen MR) is 100 cm³/mol. The Hall–Kier alpha value is -2.99.